The van der Waals surface area contributed by atoms with Crippen LogP contribution in [0.2, 0.25) is 0 Å². The Balaban J connectivity index is 2.34. The third-order valence-corrected chi connectivity index (χ3v) is 4.13. The van der Waals surface area contributed by atoms with Crippen LogP contribution in [0.25, 0.3) is 0 Å². The minimum atomic E-state index is -0.166. The number of rotatable bonds is 6. The molecule has 0 N–H and O–H groups in total. The van der Waals surface area contributed by atoms with Gasteiger partial charge in [0.1, 0.15) is 6.29 Å². The highest BCUT2D eigenvalue weighted by Crippen LogP contribution is 2.21. The molecular formula is C14H28N2O. The first-order valence-electron chi connectivity index (χ1n) is 6.82. The predicted molar refractivity (Wildman–Crippen MR) is 72.2 cm³/mol. The van der Waals surface area contributed by atoms with Gasteiger partial charge in [-0.25, -0.2) is 0 Å². The van der Waals surface area contributed by atoms with Gasteiger partial charge in [0.15, 0.2) is 0 Å². The average molecular weight is 240 g/mol. The summed E-state index contributed by atoms with van der Waals surface area (Å²) in [7, 11) is 4.34. The molecule has 17 heavy (non-hydrogen) atoms. The van der Waals surface area contributed by atoms with E-state index in [-0.39, 0.29) is 5.41 Å². The molecule has 0 saturated carbocycles. The highest BCUT2D eigenvalue weighted by Gasteiger charge is 2.25. The SMILES string of the molecule is CCC(C)(C=O)CN(C)CC1CCN(C)CC1. The summed E-state index contributed by atoms with van der Waals surface area (Å²) in [6.45, 7) is 8.62. The lowest BCUT2D eigenvalue weighted by atomic mass is 9.88. The van der Waals surface area contributed by atoms with Gasteiger partial charge in [-0.2, -0.15) is 0 Å². The number of carbonyl (C=O) groups is 1. The molecule has 0 spiro atoms. The first kappa shape index (κ1) is 14.7. The van der Waals surface area contributed by atoms with E-state index in [0.29, 0.717) is 0 Å². The summed E-state index contributed by atoms with van der Waals surface area (Å²) in [5, 5.41) is 0. The van der Waals surface area contributed by atoms with Gasteiger partial charge < -0.3 is 14.6 Å². The molecule has 1 fully saturated rings. The van der Waals surface area contributed by atoms with Gasteiger partial charge >= 0.3 is 0 Å². The Morgan fingerprint density at radius 3 is 2.47 bits per heavy atom. The Bertz CT molecular complexity index is 236. The Kier molecular flexibility index (Phi) is 5.60. The molecule has 0 aromatic rings. The number of hydrogen-bond donors (Lipinski definition) is 0. The summed E-state index contributed by atoms with van der Waals surface area (Å²) in [6.07, 6.45) is 4.64. The molecule has 1 aliphatic rings. The van der Waals surface area contributed by atoms with Crippen LogP contribution in [-0.2, 0) is 4.79 Å². The largest absolute Gasteiger partial charge is 0.306 e. The van der Waals surface area contributed by atoms with E-state index >= 15 is 0 Å². The van der Waals surface area contributed by atoms with Crippen molar-refractivity contribution in [2.24, 2.45) is 11.3 Å². The summed E-state index contributed by atoms with van der Waals surface area (Å²) < 4.78 is 0. The summed E-state index contributed by atoms with van der Waals surface area (Å²) >= 11 is 0. The van der Waals surface area contributed by atoms with Crippen molar-refractivity contribution in [3.8, 4) is 0 Å². The quantitative estimate of drug-likeness (QED) is 0.662. The fraction of sp³-hybridized carbons (Fsp3) is 0.929. The van der Waals surface area contributed by atoms with Crippen molar-refractivity contribution in [1.29, 1.82) is 0 Å². The predicted octanol–water partition coefficient (Wildman–Crippen LogP) is 1.88. The van der Waals surface area contributed by atoms with Crippen LogP contribution >= 0.6 is 0 Å². The molecule has 0 radical (unpaired) electrons. The van der Waals surface area contributed by atoms with Crippen LogP contribution in [0.3, 0.4) is 0 Å². The van der Waals surface area contributed by atoms with Crippen LogP contribution in [-0.4, -0.2) is 56.4 Å². The molecule has 0 amide bonds. The number of nitrogens with zero attached hydrogens (tertiary/aromatic N) is 2. The van der Waals surface area contributed by atoms with Gasteiger partial charge in [0, 0.05) is 18.5 Å². The Labute approximate surface area is 106 Å². The molecule has 1 unspecified atom stereocenters. The molecule has 1 rings (SSSR count). The van der Waals surface area contributed by atoms with Gasteiger partial charge in [0.25, 0.3) is 0 Å². The van der Waals surface area contributed by atoms with Crippen LogP contribution in [0.5, 0.6) is 0 Å². The molecule has 0 aromatic carbocycles. The summed E-state index contributed by atoms with van der Waals surface area (Å²) in [5.41, 5.74) is -0.166. The molecule has 1 atom stereocenters. The third kappa shape index (κ3) is 4.76. The van der Waals surface area contributed by atoms with E-state index in [2.05, 4.69) is 37.7 Å². The molecular weight excluding hydrogens is 212 g/mol. The smallest absolute Gasteiger partial charge is 0.127 e. The zero-order chi connectivity index (χ0) is 12.9. The second kappa shape index (κ2) is 6.50. The molecule has 0 bridgehead atoms. The fourth-order valence-corrected chi connectivity index (χ4v) is 2.60. The highest BCUT2D eigenvalue weighted by atomic mass is 16.1. The van der Waals surface area contributed by atoms with E-state index < -0.39 is 0 Å². The molecule has 0 aromatic heterocycles. The van der Waals surface area contributed by atoms with Crippen molar-refractivity contribution in [1.82, 2.24) is 9.80 Å². The molecule has 0 aliphatic carbocycles. The summed E-state index contributed by atoms with van der Waals surface area (Å²) in [5.74, 6) is 0.809. The Morgan fingerprint density at radius 2 is 2.00 bits per heavy atom. The average Bonchev–Trinajstić information content (AvgIpc) is 2.32. The lowest BCUT2D eigenvalue weighted by Gasteiger charge is -2.34. The number of hydrogen-bond acceptors (Lipinski definition) is 3. The Hall–Kier alpha value is -0.410. The van der Waals surface area contributed by atoms with Crippen LogP contribution in [0.1, 0.15) is 33.1 Å². The van der Waals surface area contributed by atoms with E-state index in [4.69, 9.17) is 0 Å². The van der Waals surface area contributed by atoms with Crippen LogP contribution in [0.15, 0.2) is 0 Å². The van der Waals surface area contributed by atoms with Crippen molar-refractivity contribution < 1.29 is 4.79 Å². The first-order chi connectivity index (χ1) is 7.99. The Morgan fingerprint density at radius 1 is 1.41 bits per heavy atom. The number of piperidine rings is 1. The first-order valence-corrected chi connectivity index (χ1v) is 6.82. The van der Waals surface area contributed by atoms with E-state index in [1.165, 1.54) is 25.9 Å². The van der Waals surface area contributed by atoms with Crippen molar-refractivity contribution in [2.45, 2.75) is 33.1 Å². The van der Waals surface area contributed by atoms with Crippen molar-refractivity contribution in [3.63, 3.8) is 0 Å². The van der Waals surface area contributed by atoms with Gasteiger partial charge in [-0.05, 0) is 52.4 Å². The second-order valence-corrected chi connectivity index (χ2v) is 6.07. The van der Waals surface area contributed by atoms with Gasteiger partial charge in [0.2, 0.25) is 0 Å². The maximum Gasteiger partial charge on any atom is 0.127 e. The van der Waals surface area contributed by atoms with Crippen molar-refractivity contribution in [3.05, 3.63) is 0 Å². The van der Waals surface area contributed by atoms with Gasteiger partial charge in [-0.3, -0.25) is 0 Å². The van der Waals surface area contributed by atoms with E-state index in [9.17, 15) is 4.79 Å². The maximum absolute atomic E-state index is 11.1. The summed E-state index contributed by atoms with van der Waals surface area (Å²) in [6, 6.07) is 0. The third-order valence-electron chi connectivity index (χ3n) is 4.13. The fourth-order valence-electron chi connectivity index (χ4n) is 2.60. The summed E-state index contributed by atoms with van der Waals surface area (Å²) in [4.78, 5) is 15.8. The van der Waals surface area contributed by atoms with Crippen molar-refractivity contribution in [2.75, 3.05) is 40.3 Å². The van der Waals surface area contributed by atoms with Crippen LogP contribution in [0, 0.1) is 11.3 Å². The van der Waals surface area contributed by atoms with E-state index in [0.717, 1.165) is 31.7 Å². The molecule has 100 valence electrons. The zero-order valence-electron chi connectivity index (χ0n) is 11.9. The standard InChI is InChI=1S/C14H28N2O/c1-5-14(2,12-17)11-16(4)10-13-6-8-15(3)9-7-13/h12-13H,5-11H2,1-4H3. The van der Waals surface area contributed by atoms with E-state index in [1.807, 2.05) is 0 Å². The van der Waals surface area contributed by atoms with Gasteiger partial charge in [0.05, 0.1) is 0 Å². The normalized spacial score (nSPS) is 22.6. The second-order valence-electron chi connectivity index (χ2n) is 6.07. The highest BCUT2D eigenvalue weighted by molar-refractivity contribution is 5.58. The minimum Gasteiger partial charge on any atom is -0.306 e. The molecule has 1 saturated heterocycles. The van der Waals surface area contributed by atoms with E-state index in [1.54, 1.807) is 0 Å². The van der Waals surface area contributed by atoms with Crippen molar-refractivity contribution >= 4 is 6.29 Å². The number of likely N-dealkylation sites (tertiary alicyclic amines) is 1. The topological polar surface area (TPSA) is 23.6 Å². The minimum absolute atomic E-state index is 0.166. The lowest BCUT2D eigenvalue weighted by molar-refractivity contribution is -0.116. The molecule has 1 heterocycles. The van der Waals surface area contributed by atoms with Gasteiger partial charge in [-0.1, -0.05) is 13.8 Å². The van der Waals surface area contributed by atoms with Crippen LogP contribution < -0.4 is 0 Å². The number of carbonyl (C=O) groups excluding carboxylic acids is 1. The lowest BCUT2D eigenvalue weighted by Crippen LogP contribution is -2.40. The van der Waals surface area contributed by atoms with Crippen LogP contribution in [0.4, 0.5) is 0 Å². The molecule has 3 heteroatoms. The zero-order valence-corrected chi connectivity index (χ0v) is 11.9. The van der Waals surface area contributed by atoms with Gasteiger partial charge in [-0.15, -0.1) is 0 Å². The molecule has 1 aliphatic heterocycles. The number of aldehydes is 1. The molecule has 3 nitrogen and oxygen atoms in total. The monoisotopic (exact) mass is 240 g/mol. The maximum atomic E-state index is 11.1.